The molecule has 1 atom stereocenters. The Bertz CT molecular complexity index is 774. The van der Waals surface area contributed by atoms with E-state index < -0.39 is 0 Å². The van der Waals surface area contributed by atoms with Crippen LogP contribution in [0.1, 0.15) is 18.9 Å². The van der Waals surface area contributed by atoms with Crippen LogP contribution in [0.3, 0.4) is 0 Å². The van der Waals surface area contributed by atoms with E-state index in [9.17, 15) is 9.59 Å². The number of fused-ring (bicyclic) bond motifs is 1. The van der Waals surface area contributed by atoms with Gasteiger partial charge in [-0.05, 0) is 25.0 Å². The minimum atomic E-state index is -0.185. The number of carbonyl (C=O) groups excluding carboxylic acids is 2. The Balaban J connectivity index is 1.47. The molecule has 2 aromatic rings. The summed E-state index contributed by atoms with van der Waals surface area (Å²) in [4.78, 5) is 32.5. The van der Waals surface area contributed by atoms with Crippen molar-refractivity contribution in [3.63, 3.8) is 0 Å². The summed E-state index contributed by atoms with van der Waals surface area (Å²) in [5.41, 5.74) is 0.662. The molecule has 130 valence electrons. The summed E-state index contributed by atoms with van der Waals surface area (Å²) in [5.74, 6) is 0.426. The molecule has 1 aromatic carbocycles. The Hall–Kier alpha value is -2.83. The molecular weight excluding hydrogens is 320 g/mol. The molecule has 7 nitrogen and oxygen atoms in total. The van der Waals surface area contributed by atoms with Crippen molar-refractivity contribution in [3.8, 4) is 5.75 Å². The summed E-state index contributed by atoms with van der Waals surface area (Å²) in [6, 6.07) is 7.57. The van der Waals surface area contributed by atoms with Gasteiger partial charge in [0.05, 0.1) is 18.1 Å². The van der Waals surface area contributed by atoms with Gasteiger partial charge in [0.1, 0.15) is 12.3 Å². The van der Waals surface area contributed by atoms with E-state index in [1.807, 2.05) is 35.4 Å². The van der Waals surface area contributed by atoms with E-state index in [-0.39, 0.29) is 31.0 Å². The highest BCUT2D eigenvalue weighted by Crippen LogP contribution is 2.31. The Morgan fingerprint density at radius 1 is 1.32 bits per heavy atom. The van der Waals surface area contributed by atoms with E-state index in [0.717, 1.165) is 19.4 Å². The minimum absolute atomic E-state index is 0.0258. The van der Waals surface area contributed by atoms with Crippen LogP contribution in [0.15, 0.2) is 43.0 Å². The van der Waals surface area contributed by atoms with E-state index in [1.54, 1.807) is 12.5 Å². The van der Waals surface area contributed by atoms with Gasteiger partial charge in [-0.3, -0.25) is 14.5 Å². The number of imidazole rings is 1. The summed E-state index contributed by atoms with van der Waals surface area (Å²) in [5, 5.41) is 0. The van der Waals surface area contributed by atoms with Crippen molar-refractivity contribution < 1.29 is 14.3 Å². The number of rotatable bonds is 3. The van der Waals surface area contributed by atoms with Crippen molar-refractivity contribution in [1.29, 1.82) is 0 Å². The standard InChI is InChI=1S/C18H20N4O3/c23-17(20-8-3-4-14(10-20)21-9-7-19-13-21)11-22-15-5-1-2-6-16(15)25-12-18(22)24/h1-2,5-7,9,13-14H,3-4,8,10-12H2/t14-/m1/s1. The number of anilines is 1. The third kappa shape index (κ3) is 3.09. The zero-order valence-electron chi connectivity index (χ0n) is 13.9. The van der Waals surface area contributed by atoms with E-state index in [1.165, 1.54) is 4.90 Å². The highest BCUT2D eigenvalue weighted by Gasteiger charge is 2.30. The van der Waals surface area contributed by atoms with Crippen LogP contribution < -0.4 is 9.64 Å². The molecule has 0 bridgehead atoms. The number of ether oxygens (including phenoxy) is 1. The summed E-state index contributed by atoms with van der Waals surface area (Å²) in [7, 11) is 0. The predicted octanol–water partition coefficient (Wildman–Crippen LogP) is 1.47. The van der Waals surface area contributed by atoms with Gasteiger partial charge in [0, 0.05) is 25.5 Å². The SMILES string of the molecule is O=C(CN1C(=O)COc2ccccc21)N1CCC[C@@H](n2ccnc2)C1. The third-order valence-electron chi connectivity index (χ3n) is 4.80. The maximum Gasteiger partial charge on any atom is 0.265 e. The number of hydrogen-bond acceptors (Lipinski definition) is 4. The Morgan fingerprint density at radius 3 is 3.04 bits per heavy atom. The van der Waals surface area contributed by atoms with Crippen molar-refractivity contribution >= 4 is 17.5 Å². The number of likely N-dealkylation sites (tertiary alicyclic amines) is 1. The van der Waals surface area contributed by atoms with Crippen molar-refractivity contribution in [3.05, 3.63) is 43.0 Å². The zero-order chi connectivity index (χ0) is 17.2. The van der Waals surface area contributed by atoms with Gasteiger partial charge in [-0.1, -0.05) is 12.1 Å². The molecule has 2 aliphatic rings. The van der Waals surface area contributed by atoms with E-state index in [0.29, 0.717) is 18.0 Å². The fourth-order valence-corrected chi connectivity index (χ4v) is 3.47. The highest BCUT2D eigenvalue weighted by molar-refractivity contribution is 6.02. The average Bonchev–Trinajstić information content (AvgIpc) is 3.19. The molecule has 1 aromatic heterocycles. The molecular formula is C18H20N4O3. The summed E-state index contributed by atoms with van der Waals surface area (Å²) < 4.78 is 7.48. The van der Waals surface area contributed by atoms with Gasteiger partial charge in [-0.2, -0.15) is 0 Å². The average molecular weight is 340 g/mol. The molecule has 0 radical (unpaired) electrons. The van der Waals surface area contributed by atoms with Gasteiger partial charge in [0.2, 0.25) is 5.91 Å². The van der Waals surface area contributed by atoms with Crippen LogP contribution in [-0.2, 0) is 9.59 Å². The highest BCUT2D eigenvalue weighted by atomic mass is 16.5. The van der Waals surface area contributed by atoms with Gasteiger partial charge in [-0.25, -0.2) is 4.98 Å². The van der Waals surface area contributed by atoms with Crippen LogP contribution in [0.25, 0.3) is 0 Å². The normalized spacial score (nSPS) is 20.2. The number of amides is 2. The Morgan fingerprint density at radius 2 is 2.20 bits per heavy atom. The van der Waals surface area contributed by atoms with Crippen LogP contribution in [0.4, 0.5) is 5.69 Å². The van der Waals surface area contributed by atoms with E-state index >= 15 is 0 Å². The maximum absolute atomic E-state index is 12.8. The number of carbonyl (C=O) groups is 2. The third-order valence-corrected chi connectivity index (χ3v) is 4.80. The molecule has 7 heteroatoms. The first kappa shape index (κ1) is 15.7. The van der Waals surface area contributed by atoms with Gasteiger partial charge in [-0.15, -0.1) is 0 Å². The van der Waals surface area contributed by atoms with Crippen LogP contribution >= 0.6 is 0 Å². The van der Waals surface area contributed by atoms with E-state index in [2.05, 4.69) is 9.55 Å². The lowest BCUT2D eigenvalue weighted by molar-refractivity contribution is -0.133. The Kier molecular flexibility index (Phi) is 4.13. The molecule has 0 saturated carbocycles. The molecule has 0 unspecified atom stereocenters. The number of para-hydroxylation sites is 2. The monoisotopic (exact) mass is 340 g/mol. The second-order valence-corrected chi connectivity index (χ2v) is 6.38. The fourth-order valence-electron chi connectivity index (χ4n) is 3.47. The summed E-state index contributed by atoms with van der Waals surface area (Å²) in [6.07, 6.45) is 7.45. The van der Waals surface area contributed by atoms with Crippen molar-refractivity contribution in [2.75, 3.05) is 31.1 Å². The quantitative estimate of drug-likeness (QED) is 0.849. The van der Waals surface area contributed by atoms with E-state index in [4.69, 9.17) is 4.74 Å². The second kappa shape index (κ2) is 6.58. The summed E-state index contributed by atoms with van der Waals surface area (Å²) >= 11 is 0. The molecule has 25 heavy (non-hydrogen) atoms. The van der Waals surface area contributed by atoms with Crippen LogP contribution in [-0.4, -0.2) is 52.5 Å². The largest absolute Gasteiger partial charge is 0.482 e. The molecule has 2 aliphatic heterocycles. The second-order valence-electron chi connectivity index (χ2n) is 6.38. The molecule has 4 rings (SSSR count). The first-order chi connectivity index (χ1) is 12.2. The summed E-state index contributed by atoms with van der Waals surface area (Å²) in [6.45, 7) is 1.40. The first-order valence-corrected chi connectivity index (χ1v) is 8.50. The number of hydrogen-bond donors (Lipinski definition) is 0. The molecule has 2 amide bonds. The topological polar surface area (TPSA) is 67.7 Å². The van der Waals surface area contributed by atoms with Gasteiger partial charge in [0.25, 0.3) is 5.91 Å². The molecule has 0 N–H and O–H groups in total. The molecule has 0 spiro atoms. The van der Waals surface area contributed by atoms with Crippen LogP contribution in [0, 0.1) is 0 Å². The van der Waals surface area contributed by atoms with Crippen LogP contribution in [0.2, 0.25) is 0 Å². The fraction of sp³-hybridized carbons (Fsp3) is 0.389. The smallest absolute Gasteiger partial charge is 0.265 e. The lowest BCUT2D eigenvalue weighted by Crippen LogP contribution is -2.49. The van der Waals surface area contributed by atoms with Crippen molar-refractivity contribution in [1.82, 2.24) is 14.5 Å². The zero-order valence-corrected chi connectivity index (χ0v) is 13.9. The van der Waals surface area contributed by atoms with Gasteiger partial charge < -0.3 is 14.2 Å². The lowest BCUT2D eigenvalue weighted by atomic mass is 10.1. The first-order valence-electron chi connectivity index (χ1n) is 8.50. The number of benzene rings is 1. The number of aromatic nitrogens is 2. The van der Waals surface area contributed by atoms with Gasteiger partial charge >= 0.3 is 0 Å². The van der Waals surface area contributed by atoms with Crippen molar-refractivity contribution in [2.24, 2.45) is 0 Å². The van der Waals surface area contributed by atoms with Gasteiger partial charge in [0.15, 0.2) is 6.61 Å². The molecule has 1 fully saturated rings. The molecule has 1 saturated heterocycles. The maximum atomic E-state index is 12.8. The number of piperidine rings is 1. The molecule has 0 aliphatic carbocycles. The number of nitrogens with zero attached hydrogens (tertiary/aromatic N) is 4. The minimum Gasteiger partial charge on any atom is -0.482 e. The Labute approximate surface area is 145 Å². The van der Waals surface area contributed by atoms with Crippen LogP contribution in [0.5, 0.6) is 5.75 Å². The lowest BCUT2D eigenvalue weighted by Gasteiger charge is -2.35. The predicted molar refractivity (Wildman–Crippen MR) is 91.4 cm³/mol. The van der Waals surface area contributed by atoms with Crippen molar-refractivity contribution in [2.45, 2.75) is 18.9 Å². The molecule has 3 heterocycles.